The van der Waals surface area contributed by atoms with E-state index in [-0.39, 0.29) is 5.69 Å². The van der Waals surface area contributed by atoms with E-state index >= 15 is 0 Å². The molecule has 2 aliphatic heterocycles. The number of piperidine rings is 2. The number of aromatic nitrogens is 2. The summed E-state index contributed by atoms with van der Waals surface area (Å²) >= 11 is 0. The van der Waals surface area contributed by atoms with Gasteiger partial charge in [0.15, 0.2) is 0 Å². The maximum atomic E-state index is 12.5. The van der Waals surface area contributed by atoms with Crippen LogP contribution in [0.4, 0.5) is 0 Å². The molecule has 0 saturated carbocycles. The van der Waals surface area contributed by atoms with E-state index in [9.17, 15) is 4.79 Å². The Morgan fingerprint density at radius 1 is 0.897 bits per heavy atom. The van der Waals surface area contributed by atoms with Gasteiger partial charge in [-0.05, 0) is 56.3 Å². The van der Waals surface area contributed by atoms with Crippen molar-refractivity contribution in [1.29, 1.82) is 0 Å². The standard InChI is InChI=1S/C24H30N4O/c29-24-26-22-8-4-5-9-23(22)28(24)20-11-14-27(15-12-20)21-10-13-25-19(17-21)16-18-6-2-1-3-7-18/h1-9,19-21,25H,10-17H2,(H,26,29)/t19-,21+/m0/s1. The number of hydrogen-bond donors (Lipinski definition) is 2. The second kappa shape index (κ2) is 8.17. The average Bonchev–Trinajstić information content (AvgIpc) is 3.10. The van der Waals surface area contributed by atoms with Crippen LogP contribution in [-0.2, 0) is 6.42 Å². The van der Waals surface area contributed by atoms with Crippen molar-refractivity contribution < 1.29 is 0 Å². The quantitative estimate of drug-likeness (QED) is 0.718. The average molecular weight is 391 g/mol. The number of imidazole rings is 1. The zero-order chi connectivity index (χ0) is 19.6. The van der Waals surface area contributed by atoms with Gasteiger partial charge in [-0.3, -0.25) is 4.57 Å². The molecule has 5 heteroatoms. The minimum Gasteiger partial charge on any atom is -0.314 e. The molecular weight excluding hydrogens is 360 g/mol. The van der Waals surface area contributed by atoms with Crippen molar-refractivity contribution in [3.63, 3.8) is 0 Å². The van der Waals surface area contributed by atoms with E-state index in [1.807, 2.05) is 22.8 Å². The third-order valence-corrected chi connectivity index (χ3v) is 6.80. The van der Waals surface area contributed by atoms with Crippen LogP contribution in [0.3, 0.4) is 0 Å². The summed E-state index contributed by atoms with van der Waals surface area (Å²) in [6.45, 7) is 3.27. The van der Waals surface area contributed by atoms with Gasteiger partial charge in [0.1, 0.15) is 0 Å². The third kappa shape index (κ3) is 3.89. The van der Waals surface area contributed by atoms with E-state index in [2.05, 4.69) is 51.6 Å². The molecule has 29 heavy (non-hydrogen) atoms. The Labute approximate surface area is 171 Å². The lowest BCUT2D eigenvalue weighted by atomic mass is 9.91. The maximum Gasteiger partial charge on any atom is 0.326 e. The first-order valence-electron chi connectivity index (χ1n) is 11.0. The van der Waals surface area contributed by atoms with Crippen molar-refractivity contribution in [3.05, 3.63) is 70.6 Å². The van der Waals surface area contributed by atoms with Crippen LogP contribution >= 0.6 is 0 Å². The van der Waals surface area contributed by atoms with Crippen molar-refractivity contribution in [2.24, 2.45) is 0 Å². The normalized spacial score (nSPS) is 24.1. The van der Waals surface area contributed by atoms with Crippen LogP contribution in [0.5, 0.6) is 0 Å². The van der Waals surface area contributed by atoms with E-state index in [1.165, 1.54) is 18.4 Å². The molecule has 2 atom stereocenters. The summed E-state index contributed by atoms with van der Waals surface area (Å²) in [6, 6.07) is 20.4. The molecule has 0 radical (unpaired) electrons. The molecule has 5 nitrogen and oxygen atoms in total. The van der Waals surface area contributed by atoms with Gasteiger partial charge in [-0.2, -0.15) is 0 Å². The first-order chi connectivity index (χ1) is 14.3. The highest BCUT2D eigenvalue weighted by Crippen LogP contribution is 2.28. The van der Waals surface area contributed by atoms with Crippen LogP contribution in [0.25, 0.3) is 11.0 Å². The van der Waals surface area contributed by atoms with Gasteiger partial charge < -0.3 is 15.2 Å². The van der Waals surface area contributed by atoms with Crippen LogP contribution in [0.1, 0.15) is 37.3 Å². The molecule has 3 heterocycles. The Hall–Kier alpha value is -2.37. The van der Waals surface area contributed by atoms with Gasteiger partial charge in [-0.25, -0.2) is 4.79 Å². The zero-order valence-corrected chi connectivity index (χ0v) is 16.9. The number of fused-ring (bicyclic) bond motifs is 1. The Morgan fingerprint density at radius 2 is 1.66 bits per heavy atom. The smallest absolute Gasteiger partial charge is 0.314 e. The van der Waals surface area contributed by atoms with E-state index in [0.717, 1.165) is 49.9 Å². The Bertz CT molecular complexity index is 1000. The number of nitrogens with zero attached hydrogens (tertiary/aromatic N) is 2. The van der Waals surface area contributed by atoms with Gasteiger partial charge in [0.25, 0.3) is 0 Å². The second-order valence-corrected chi connectivity index (χ2v) is 8.60. The lowest BCUT2D eigenvalue weighted by Gasteiger charge is -2.42. The summed E-state index contributed by atoms with van der Waals surface area (Å²) < 4.78 is 1.99. The number of para-hydroxylation sites is 2. The molecule has 0 spiro atoms. The summed E-state index contributed by atoms with van der Waals surface area (Å²) in [6.07, 6.45) is 5.65. The van der Waals surface area contributed by atoms with Crippen LogP contribution in [0.15, 0.2) is 59.4 Å². The molecule has 5 rings (SSSR count). The third-order valence-electron chi connectivity index (χ3n) is 6.80. The minimum atomic E-state index is 0.0365. The van der Waals surface area contributed by atoms with Crippen molar-refractivity contribution in [3.8, 4) is 0 Å². The molecule has 2 aliphatic rings. The predicted octanol–water partition coefficient (Wildman–Crippen LogP) is 3.33. The minimum absolute atomic E-state index is 0.0365. The van der Waals surface area contributed by atoms with Crippen LogP contribution in [-0.4, -0.2) is 46.2 Å². The van der Waals surface area contributed by atoms with Gasteiger partial charge in [-0.1, -0.05) is 42.5 Å². The summed E-state index contributed by atoms with van der Waals surface area (Å²) in [5.41, 5.74) is 3.44. The molecule has 0 bridgehead atoms. The van der Waals surface area contributed by atoms with Crippen LogP contribution in [0.2, 0.25) is 0 Å². The fourth-order valence-corrected chi connectivity index (χ4v) is 5.32. The van der Waals surface area contributed by atoms with Gasteiger partial charge in [0.2, 0.25) is 0 Å². The molecule has 3 aromatic rings. The highest BCUT2D eigenvalue weighted by Gasteiger charge is 2.30. The zero-order valence-electron chi connectivity index (χ0n) is 16.9. The van der Waals surface area contributed by atoms with Gasteiger partial charge in [-0.15, -0.1) is 0 Å². The largest absolute Gasteiger partial charge is 0.326 e. The van der Waals surface area contributed by atoms with Gasteiger partial charge in [0, 0.05) is 31.2 Å². The monoisotopic (exact) mass is 390 g/mol. The number of aromatic amines is 1. The fourth-order valence-electron chi connectivity index (χ4n) is 5.32. The molecule has 2 N–H and O–H groups in total. The lowest BCUT2D eigenvalue weighted by molar-refractivity contribution is 0.101. The first kappa shape index (κ1) is 18.6. The van der Waals surface area contributed by atoms with Crippen LogP contribution < -0.4 is 11.0 Å². The number of rotatable bonds is 4. The van der Waals surface area contributed by atoms with E-state index in [0.29, 0.717) is 18.1 Å². The Balaban J connectivity index is 1.22. The summed E-state index contributed by atoms with van der Waals surface area (Å²) in [5, 5.41) is 3.72. The molecule has 2 saturated heterocycles. The van der Waals surface area contributed by atoms with Crippen molar-refractivity contribution in [1.82, 2.24) is 19.8 Å². The van der Waals surface area contributed by atoms with Gasteiger partial charge in [0.05, 0.1) is 11.0 Å². The molecule has 0 unspecified atom stereocenters. The SMILES string of the molecule is O=c1[nH]c2ccccc2n1C1CCN([C@@H]2CCN[C@@H](Cc3ccccc3)C2)CC1. The Kier molecular flexibility index (Phi) is 5.25. The lowest BCUT2D eigenvalue weighted by Crippen LogP contribution is -2.51. The fraction of sp³-hybridized carbons (Fsp3) is 0.458. The second-order valence-electron chi connectivity index (χ2n) is 8.60. The number of H-pyrrole nitrogens is 1. The molecule has 1 aromatic heterocycles. The van der Waals surface area contributed by atoms with Crippen molar-refractivity contribution in [2.75, 3.05) is 19.6 Å². The topological polar surface area (TPSA) is 53.1 Å². The number of benzene rings is 2. The number of hydrogen-bond acceptors (Lipinski definition) is 3. The summed E-state index contributed by atoms with van der Waals surface area (Å²) in [4.78, 5) is 18.2. The Morgan fingerprint density at radius 3 is 2.48 bits per heavy atom. The molecule has 0 aliphatic carbocycles. The highest BCUT2D eigenvalue weighted by molar-refractivity contribution is 5.75. The van der Waals surface area contributed by atoms with Crippen LogP contribution in [0, 0.1) is 0 Å². The number of likely N-dealkylation sites (tertiary alicyclic amines) is 1. The highest BCUT2D eigenvalue weighted by atomic mass is 16.1. The summed E-state index contributed by atoms with van der Waals surface area (Å²) in [7, 11) is 0. The molecule has 2 aromatic carbocycles. The van der Waals surface area contributed by atoms with E-state index < -0.39 is 0 Å². The van der Waals surface area contributed by atoms with Crippen molar-refractivity contribution in [2.45, 2.75) is 50.2 Å². The predicted molar refractivity (Wildman–Crippen MR) is 117 cm³/mol. The maximum absolute atomic E-state index is 12.5. The molecule has 0 amide bonds. The molecule has 152 valence electrons. The number of nitrogens with one attached hydrogen (secondary N) is 2. The molecular formula is C24H30N4O. The summed E-state index contributed by atoms with van der Waals surface area (Å²) in [5.74, 6) is 0. The molecule has 2 fully saturated rings. The van der Waals surface area contributed by atoms with Crippen molar-refractivity contribution >= 4 is 11.0 Å². The first-order valence-corrected chi connectivity index (χ1v) is 11.0. The van der Waals surface area contributed by atoms with E-state index in [4.69, 9.17) is 0 Å². The van der Waals surface area contributed by atoms with Gasteiger partial charge >= 0.3 is 5.69 Å². The van der Waals surface area contributed by atoms with E-state index in [1.54, 1.807) is 0 Å².